The van der Waals surface area contributed by atoms with E-state index in [4.69, 9.17) is 9.47 Å². The molecule has 3 rings (SSSR count). The van der Waals surface area contributed by atoms with Gasteiger partial charge in [0.05, 0.1) is 6.61 Å². The topological polar surface area (TPSA) is 52.6 Å². The Morgan fingerprint density at radius 3 is 2.48 bits per heavy atom. The Hall–Kier alpha value is -3.14. The third-order valence-corrected chi connectivity index (χ3v) is 5.08. The van der Waals surface area contributed by atoms with Crippen molar-refractivity contribution >= 4 is 11.9 Å². The third kappa shape index (κ3) is 5.02. The van der Waals surface area contributed by atoms with Crippen LogP contribution in [-0.2, 0) is 33.6 Å². The summed E-state index contributed by atoms with van der Waals surface area (Å²) < 4.78 is 10.5. The van der Waals surface area contributed by atoms with Crippen LogP contribution in [0.15, 0.2) is 61.2 Å². The van der Waals surface area contributed by atoms with E-state index < -0.39 is 0 Å². The Bertz CT molecular complexity index is 938. The maximum atomic E-state index is 11.9. The lowest BCUT2D eigenvalue weighted by atomic mass is 9.95. The van der Waals surface area contributed by atoms with E-state index in [2.05, 4.69) is 37.4 Å². The lowest BCUT2D eigenvalue weighted by Crippen LogP contribution is -2.10. The Kier molecular flexibility index (Phi) is 6.65. The summed E-state index contributed by atoms with van der Waals surface area (Å²) in [4.78, 5) is 23.0. The summed E-state index contributed by atoms with van der Waals surface area (Å²) in [6, 6.07) is 12.4. The van der Waals surface area contributed by atoms with E-state index >= 15 is 0 Å². The minimum absolute atomic E-state index is 0.380. The highest BCUT2D eigenvalue weighted by Gasteiger charge is 2.21. The number of hydrogen-bond donors (Lipinski definition) is 0. The first-order valence-corrected chi connectivity index (χ1v) is 9.90. The van der Waals surface area contributed by atoms with Crippen molar-refractivity contribution in [2.45, 2.75) is 39.0 Å². The van der Waals surface area contributed by atoms with Crippen molar-refractivity contribution in [3.63, 3.8) is 0 Å². The van der Waals surface area contributed by atoms with Crippen LogP contribution in [0.1, 0.15) is 36.5 Å². The molecule has 0 radical (unpaired) electrons. The van der Waals surface area contributed by atoms with Crippen LogP contribution in [0, 0.1) is 0 Å². The first-order chi connectivity index (χ1) is 14.0. The summed E-state index contributed by atoms with van der Waals surface area (Å²) in [7, 11) is 0. The zero-order valence-electron chi connectivity index (χ0n) is 16.8. The Morgan fingerprint density at radius 1 is 1.07 bits per heavy atom. The number of ether oxygens (including phenoxy) is 2. The molecule has 0 amide bonds. The Morgan fingerprint density at radius 2 is 1.79 bits per heavy atom. The second kappa shape index (κ2) is 9.37. The molecular formula is C25H26O4. The summed E-state index contributed by atoms with van der Waals surface area (Å²) in [5.74, 6) is -0.110. The number of carbonyl (C=O) groups excluding carboxylic acids is 2. The summed E-state index contributed by atoms with van der Waals surface area (Å²) in [5, 5.41) is 0. The van der Waals surface area contributed by atoms with Crippen molar-refractivity contribution < 1.29 is 19.1 Å². The van der Waals surface area contributed by atoms with Crippen LogP contribution in [0.4, 0.5) is 0 Å². The number of esters is 2. The highest BCUT2D eigenvalue weighted by molar-refractivity contribution is 5.89. The van der Waals surface area contributed by atoms with E-state index in [1.807, 2.05) is 12.1 Å². The molecule has 4 heteroatoms. The van der Waals surface area contributed by atoms with Crippen LogP contribution in [0.5, 0.6) is 5.75 Å². The van der Waals surface area contributed by atoms with E-state index in [9.17, 15) is 9.59 Å². The second-order valence-corrected chi connectivity index (χ2v) is 7.26. The fourth-order valence-electron chi connectivity index (χ4n) is 3.59. The lowest BCUT2D eigenvalue weighted by Gasteiger charge is -2.14. The molecule has 1 aliphatic carbocycles. The average Bonchev–Trinajstić information content (AvgIpc) is 3.22. The summed E-state index contributed by atoms with van der Waals surface area (Å²) >= 11 is 0. The second-order valence-electron chi connectivity index (χ2n) is 7.26. The molecule has 2 aromatic carbocycles. The molecule has 0 bridgehead atoms. The van der Waals surface area contributed by atoms with Gasteiger partial charge >= 0.3 is 11.9 Å². The SMILES string of the molecule is C=CC(=O)OCCCc1ccc(-c2ccc(OC(=O)C(=C)C)c3c2CCC3)cc1. The highest BCUT2D eigenvalue weighted by atomic mass is 16.5. The minimum atomic E-state index is -0.383. The first kappa shape index (κ1) is 20.6. The molecule has 0 N–H and O–H groups in total. The molecular weight excluding hydrogens is 364 g/mol. The standard InChI is InChI=1S/C25H26O4/c1-4-24(26)28-16-6-7-18-10-12-19(13-11-18)20-14-15-23(29-25(27)17(2)3)22-9-5-8-21(20)22/h4,10-15H,1-2,5-9,16H2,3H3. The van der Waals surface area contributed by atoms with Crippen LogP contribution in [-0.4, -0.2) is 18.5 Å². The predicted octanol–water partition coefficient (Wildman–Crippen LogP) is 4.99. The Labute approximate surface area is 171 Å². The molecule has 150 valence electrons. The van der Waals surface area contributed by atoms with E-state index in [0.717, 1.165) is 43.2 Å². The Balaban J connectivity index is 1.71. The van der Waals surface area contributed by atoms with E-state index in [-0.39, 0.29) is 11.9 Å². The van der Waals surface area contributed by atoms with Gasteiger partial charge in [0, 0.05) is 11.6 Å². The molecule has 0 aromatic heterocycles. The molecule has 29 heavy (non-hydrogen) atoms. The van der Waals surface area contributed by atoms with Crippen LogP contribution < -0.4 is 4.74 Å². The number of aryl methyl sites for hydroxylation is 1. The molecule has 0 heterocycles. The van der Waals surface area contributed by atoms with E-state index in [1.54, 1.807) is 6.92 Å². The first-order valence-electron chi connectivity index (χ1n) is 9.90. The lowest BCUT2D eigenvalue weighted by molar-refractivity contribution is -0.137. The maximum Gasteiger partial charge on any atom is 0.338 e. The van der Waals surface area contributed by atoms with Gasteiger partial charge in [-0.3, -0.25) is 0 Å². The molecule has 0 unspecified atom stereocenters. The van der Waals surface area contributed by atoms with Gasteiger partial charge in [-0.05, 0) is 72.9 Å². The largest absolute Gasteiger partial charge is 0.463 e. The van der Waals surface area contributed by atoms with Gasteiger partial charge < -0.3 is 9.47 Å². The van der Waals surface area contributed by atoms with Crippen molar-refractivity contribution in [3.05, 3.63) is 77.9 Å². The molecule has 0 saturated heterocycles. The fraction of sp³-hybridized carbons (Fsp3) is 0.280. The van der Waals surface area contributed by atoms with Crippen LogP contribution in [0.25, 0.3) is 11.1 Å². The number of rotatable bonds is 8. The van der Waals surface area contributed by atoms with Gasteiger partial charge in [-0.2, -0.15) is 0 Å². The van der Waals surface area contributed by atoms with Gasteiger partial charge in [0.2, 0.25) is 0 Å². The van der Waals surface area contributed by atoms with E-state index in [1.165, 1.54) is 22.8 Å². The predicted molar refractivity (Wildman–Crippen MR) is 114 cm³/mol. The normalized spacial score (nSPS) is 12.2. The molecule has 0 atom stereocenters. The van der Waals surface area contributed by atoms with Gasteiger partial charge in [-0.15, -0.1) is 0 Å². The molecule has 0 spiro atoms. The van der Waals surface area contributed by atoms with Crippen LogP contribution in [0.3, 0.4) is 0 Å². The van der Waals surface area contributed by atoms with Crippen LogP contribution in [0.2, 0.25) is 0 Å². The molecule has 0 fully saturated rings. The maximum absolute atomic E-state index is 11.9. The van der Waals surface area contributed by atoms with Crippen molar-refractivity contribution in [2.24, 2.45) is 0 Å². The number of fused-ring (bicyclic) bond motifs is 1. The molecule has 0 saturated carbocycles. The quantitative estimate of drug-likeness (QED) is 0.276. The fourth-order valence-corrected chi connectivity index (χ4v) is 3.59. The average molecular weight is 390 g/mol. The van der Waals surface area contributed by atoms with Gasteiger partial charge in [-0.25, -0.2) is 9.59 Å². The summed E-state index contributed by atoms with van der Waals surface area (Å²) in [5.41, 5.74) is 6.34. The monoisotopic (exact) mass is 390 g/mol. The zero-order valence-corrected chi connectivity index (χ0v) is 16.8. The number of carbonyl (C=O) groups is 2. The van der Waals surface area contributed by atoms with Crippen LogP contribution >= 0.6 is 0 Å². The van der Waals surface area contributed by atoms with Gasteiger partial charge in [-0.1, -0.05) is 43.5 Å². The molecule has 0 aliphatic heterocycles. The molecule has 4 nitrogen and oxygen atoms in total. The van der Waals surface area contributed by atoms with Gasteiger partial charge in [0.25, 0.3) is 0 Å². The van der Waals surface area contributed by atoms with Crippen molar-refractivity contribution in [1.82, 2.24) is 0 Å². The minimum Gasteiger partial charge on any atom is -0.463 e. The number of benzene rings is 2. The number of hydrogen-bond acceptors (Lipinski definition) is 4. The van der Waals surface area contributed by atoms with Crippen molar-refractivity contribution in [2.75, 3.05) is 6.61 Å². The summed E-state index contributed by atoms with van der Waals surface area (Å²) in [6.45, 7) is 9.09. The smallest absolute Gasteiger partial charge is 0.338 e. The molecule has 2 aromatic rings. The molecule has 1 aliphatic rings. The highest BCUT2D eigenvalue weighted by Crippen LogP contribution is 2.38. The van der Waals surface area contributed by atoms with Gasteiger partial charge in [0.15, 0.2) is 0 Å². The van der Waals surface area contributed by atoms with E-state index in [0.29, 0.717) is 17.9 Å². The van der Waals surface area contributed by atoms with Crippen molar-refractivity contribution in [3.8, 4) is 16.9 Å². The van der Waals surface area contributed by atoms with Crippen molar-refractivity contribution in [1.29, 1.82) is 0 Å². The third-order valence-electron chi connectivity index (χ3n) is 5.08. The zero-order chi connectivity index (χ0) is 20.8. The van der Waals surface area contributed by atoms with Gasteiger partial charge in [0.1, 0.15) is 5.75 Å². The summed E-state index contributed by atoms with van der Waals surface area (Å²) in [6.07, 6.45) is 5.77.